The number of carbonyl (C=O) groups excluding carboxylic acids is 1. The summed E-state index contributed by atoms with van der Waals surface area (Å²) in [6.45, 7) is 3.91. The number of amides is 1. The normalized spacial score (nSPS) is 10.6. The molecular formula is C13H14BrN3O2S. The molecule has 0 bridgehead atoms. The predicted octanol–water partition coefficient (Wildman–Crippen LogP) is 3.43. The SMILES string of the molecule is CCc1nnc(SCC(=O)Nc2ccc(Br)c(C)c2)o1. The van der Waals surface area contributed by atoms with E-state index in [0.29, 0.717) is 17.5 Å². The third-order valence-corrected chi connectivity index (χ3v) is 4.23. The van der Waals surface area contributed by atoms with Gasteiger partial charge < -0.3 is 9.73 Å². The van der Waals surface area contributed by atoms with E-state index in [9.17, 15) is 4.79 Å². The van der Waals surface area contributed by atoms with Crippen molar-refractivity contribution in [2.24, 2.45) is 0 Å². The highest BCUT2D eigenvalue weighted by molar-refractivity contribution is 9.10. The molecule has 0 aliphatic carbocycles. The third-order valence-electron chi connectivity index (χ3n) is 2.52. The van der Waals surface area contributed by atoms with Crippen LogP contribution in [0.4, 0.5) is 5.69 Å². The van der Waals surface area contributed by atoms with Crippen LogP contribution in [0.2, 0.25) is 0 Å². The summed E-state index contributed by atoms with van der Waals surface area (Å²) < 4.78 is 6.34. The fraction of sp³-hybridized carbons (Fsp3) is 0.308. The topological polar surface area (TPSA) is 68.0 Å². The molecule has 0 aliphatic heterocycles. The van der Waals surface area contributed by atoms with Crippen LogP contribution >= 0.6 is 27.7 Å². The number of thioether (sulfide) groups is 1. The Morgan fingerprint density at radius 1 is 1.45 bits per heavy atom. The second kappa shape index (κ2) is 6.90. The third kappa shape index (κ3) is 4.08. The minimum Gasteiger partial charge on any atom is -0.416 e. The molecule has 1 heterocycles. The van der Waals surface area contributed by atoms with Gasteiger partial charge in [0.1, 0.15) is 0 Å². The van der Waals surface area contributed by atoms with Crippen molar-refractivity contribution in [3.05, 3.63) is 34.1 Å². The van der Waals surface area contributed by atoms with Gasteiger partial charge >= 0.3 is 0 Å². The van der Waals surface area contributed by atoms with Crippen molar-refractivity contribution in [1.82, 2.24) is 10.2 Å². The number of hydrogen-bond acceptors (Lipinski definition) is 5. The van der Waals surface area contributed by atoms with E-state index < -0.39 is 0 Å². The van der Waals surface area contributed by atoms with Gasteiger partial charge in [0.15, 0.2) is 0 Å². The van der Waals surface area contributed by atoms with Crippen LogP contribution in [-0.4, -0.2) is 21.9 Å². The number of rotatable bonds is 5. The molecule has 0 unspecified atom stereocenters. The van der Waals surface area contributed by atoms with Crippen LogP contribution in [0, 0.1) is 6.92 Å². The van der Waals surface area contributed by atoms with Crippen molar-refractivity contribution >= 4 is 39.3 Å². The highest BCUT2D eigenvalue weighted by Crippen LogP contribution is 2.21. The van der Waals surface area contributed by atoms with E-state index in [-0.39, 0.29) is 11.7 Å². The minimum absolute atomic E-state index is 0.104. The van der Waals surface area contributed by atoms with Crippen LogP contribution in [0.5, 0.6) is 0 Å². The van der Waals surface area contributed by atoms with Gasteiger partial charge in [0.2, 0.25) is 11.8 Å². The van der Waals surface area contributed by atoms with Crippen LogP contribution in [0.1, 0.15) is 18.4 Å². The van der Waals surface area contributed by atoms with Gasteiger partial charge in [-0.25, -0.2) is 0 Å². The van der Waals surface area contributed by atoms with Crippen LogP contribution in [-0.2, 0) is 11.2 Å². The van der Waals surface area contributed by atoms with E-state index in [1.165, 1.54) is 11.8 Å². The fourth-order valence-corrected chi connectivity index (χ4v) is 2.31. The van der Waals surface area contributed by atoms with Crippen LogP contribution < -0.4 is 5.32 Å². The Bertz CT molecular complexity index is 615. The Morgan fingerprint density at radius 3 is 2.90 bits per heavy atom. The summed E-state index contributed by atoms with van der Waals surface area (Å²) in [6, 6.07) is 5.67. The molecule has 0 saturated heterocycles. The maximum Gasteiger partial charge on any atom is 0.277 e. The summed E-state index contributed by atoms with van der Waals surface area (Å²) in [6.07, 6.45) is 0.692. The summed E-state index contributed by atoms with van der Waals surface area (Å²) in [5, 5.41) is 10.9. The van der Waals surface area contributed by atoms with Gasteiger partial charge in [0.25, 0.3) is 5.22 Å². The predicted molar refractivity (Wildman–Crippen MR) is 81.9 cm³/mol. The van der Waals surface area contributed by atoms with E-state index in [1.54, 1.807) is 0 Å². The van der Waals surface area contributed by atoms with E-state index in [2.05, 4.69) is 31.4 Å². The second-order valence-electron chi connectivity index (χ2n) is 4.12. The largest absolute Gasteiger partial charge is 0.416 e. The van der Waals surface area contributed by atoms with Gasteiger partial charge in [0, 0.05) is 16.6 Å². The van der Waals surface area contributed by atoms with Crippen molar-refractivity contribution in [1.29, 1.82) is 0 Å². The molecule has 1 aromatic carbocycles. The first-order valence-corrected chi connectivity index (χ1v) is 7.87. The number of halogens is 1. The van der Waals surface area contributed by atoms with Gasteiger partial charge in [-0.15, -0.1) is 10.2 Å². The maximum absolute atomic E-state index is 11.8. The molecule has 106 valence electrons. The first-order chi connectivity index (χ1) is 9.58. The molecule has 0 atom stereocenters. The molecule has 2 rings (SSSR count). The van der Waals surface area contributed by atoms with Gasteiger partial charge in [0.05, 0.1) is 5.75 Å². The summed E-state index contributed by atoms with van der Waals surface area (Å²) in [5.74, 6) is 0.713. The quantitative estimate of drug-likeness (QED) is 0.832. The molecule has 2 aromatic rings. The molecule has 7 heteroatoms. The number of aromatic nitrogens is 2. The van der Waals surface area contributed by atoms with Crippen molar-refractivity contribution < 1.29 is 9.21 Å². The molecule has 1 amide bonds. The minimum atomic E-state index is -0.104. The average Bonchev–Trinajstić information content (AvgIpc) is 2.89. The zero-order valence-electron chi connectivity index (χ0n) is 11.1. The molecule has 20 heavy (non-hydrogen) atoms. The number of carbonyl (C=O) groups is 1. The van der Waals surface area contributed by atoms with E-state index in [0.717, 1.165) is 15.7 Å². The maximum atomic E-state index is 11.8. The number of nitrogens with one attached hydrogen (secondary N) is 1. The first-order valence-electron chi connectivity index (χ1n) is 6.09. The highest BCUT2D eigenvalue weighted by Gasteiger charge is 2.09. The summed E-state index contributed by atoms with van der Waals surface area (Å²) in [7, 11) is 0. The highest BCUT2D eigenvalue weighted by atomic mass is 79.9. The Morgan fingerprint density at radius 2 is 2.25 bits per heavy atom. The Kier molecular flexibility index (Phi) is 5.19. The number of nitrogens with zero attached hydrogens (tertiary/aromatic N) is 2. The van der Waals surface area contributed by atoms with Crippen molar-refractivity contribution in [3.63, 3.8) is 0 Å². The molecule has 0 aliphatic rings. The zero-order chi connectivity index (χ0) is 14.5. The lowest BCUT2D eigenvalue weighted by molar-refractivity contribution is -0.113. The number of hydrogen-bond donors (Lipinski definition) is 1. The number of benzene rings is 1. The Labute approximate surface area is 129 Å². The monoisotopic (exact) mass is 355 g/mol. The summed E-state index contributed by atoms with van der Waals surface area (Å²) in [4.78, 5) is 11.8. The number of anilines is 1. The van der Waals surface area contributed by atoms with Gasteiger partial charge in [-0.05, 0) is 30.7 Å². The van der Waals surface area contributed by atoms with Gasteiger partial charge in [-0.1, -0.05) is 34.6 Å². The molecule has 5 nitrogen and oxygen atoms in total. The van der Waals surface area contributed by atoms with Crippen LogP contribution in [0.15, 0.2) is 32.3 Å². The van der Waals surface area contributed by atoms with Crippen LogP contribution in [0.3, 0.4) is 0 Å². The smallest absolute Gasteiger partial charge is 0.277 e. The molecule has 0 spiro atoms. The van der Waals surface area contributed by atoms with Crippen molar-refractivity contribution in [3.8, 4) is 0 Å². The molecule has 1 N–H and O–H groups in total. The van der Waals surface area contributed by atoms with Crippen LogP contribution in [0.25, 0.3) is 0 Å². The van der Waals surface area contributed by atoms with Crippen molar-refractivity contribution in [2.45, 2.75) is 25.5 Å². The molecule has 1 aromatic heterocycles. The second-order valence-corrected chi connectivity index (χ2v) is 5.90. The van der Waals surface area contributed by atoms with E-state index >= 15 is 0 Å². The summed E-state index contributed by atoms with van der Waals surface area (Å²) >= 11 is 4.65. The molecule has 0 saturated carbocycles. The lowest BCUT2D eigenvalue weighted by atomic mass is 10.2. The van der Waals surface area contributed by atoms with Crippen molar-refractivity contribution in [2.75, 3.05) is 11.1 Å². The fourth-order valence-electron chi connectivity index (χ4n) is 1.49. The van der Waals surface area contributed by atoms with E-state index in [4.69, 9.17) is 4.42 Å². The number of aryl methyl sites for hydroxylation is 2. The average molecular weight is 356 g/mol. The Balaban J connectivity index is 1.87. The zero-order valence-corrected chi connectivity index (χ0v) is 13.5. The standard InChI is InChI=1S/C13H14BrN3O2S/c1-3-12-16-17-13(19-12)20-7-11(18)15-9-4-5-10(14)8(2)6-9/h4-6H,3,7H2,1-2H3,(H,15,18). The van der Waals surface area contributed by atoms with Gasteiger partial charge in [-0.2, -0.15) is 0 Å². The first kappa shape index (κ1) is 15.1. The summed E-state index contributed by atoms with van der Waals surface area (Å²) in [5.41, 5.74) is 1.84. The van der Waals surface area contributed by atoms with E-state index in [1.807, 2.05) is 32.0 Å². The molecular weight excluding hydrogens is 342 g/mol. The molecule has 0 radical (unpaired) electrons. The lowest BCUT2D eigenvalue weighted by Gasteiger charge is -2.06. The lowest BCUT2D eigenvalue weighted by Crippen LogP contribution is -2.14. The molecule has 0 fully saturated rings. The van der Waals surface area contributed by atoms with Gasteiger partial charge in [-0.3, -0.25) is 4.79 Å². The Hall–Kier alpha value is -1.34.